The molecule has 6 nitrogen and oxygen atoms in total. The van der Waals surface area contributed by atoms with Gasteiger partial charge in [-0.2, -0.15) is 29.8 Å². The van der Waals surface area contributed by atoms with Gasteiger partial charge < -0.3 is 0 Å². The van der Waals surface area contributed by atoms with Gasteiger partial charge in [-0.15, -0.1) is 68.0 Å². The van der Waals surface area contributed by atoms with E-state index in [0.717, 1.165) is 70.9 Å². The molecule has 0 aliphatic carbocycles. The number of hydrogen-bond acceptors (Lipinski definition) is 13. The van der Waals surface area contributed by atoms with Crippen LogP contribution >= 0.6 is 79.7 Å². The van der Waals surface area contributed by atoms with Crippen molar-refractivity contribution in [1.29, 1.82) is 21.0 Å². The lowest BCUT2D eigenvalue weighted by molar-refractivity contribution is 1.52. The Balaban J connectivity index is 1.03. The van der Waals surface area contributed by atoms with Crippen molar-refractivity contribution in [2.45, 2.75) is 0 Å². The summed E-state index contributed by atoms with van der Waals surface area (Å²) >= 11 is 10.5. The molecule has 0 aliphatic rings. The highest BCUT2D eigenvalue weighted by atomic mass is 32.1. The standard InChI is InChI=1S/C38H16N6S7/c39-17-21(29-7-3-25(19-41)47-29)15-23-1-9-33(45-23)35-13-11-31(49-35)27-5-6-28(38-37(27)43-51-44-38)32-12-14-36(50-32)34-10-2-24(46-34)16-22(18-40)30-8-4-26(20-42)48-30/h1-16H. The molecule has 0 saturated heterocycles. The molecule has 8 rings (SSSR count). The minimum atomic E-state index is 0.547. The lowest BCUT2D eigenvalue weighted by Crippen LogP contribution is -1.81. The molecule has 51 heavy (non-hydrogen) atoms. The summed E-state index contributed by atoms with van der Waals surface area (Å²) in [5.41, 5.74) is 4.93. The number of fused-ring (bicyclic) bond motifs is 1. The lowest BCUT2D eigenvalue weighted by atomic mass is 10.1. The zero-order valence-corrected chi connectivity index (χ0v) is 31.5. The molecule has 7 heterocycles. The Morgan fingerprint density at radius 2 is 0.863 bits per heavy atom. The lowest BCUT2D eigenvalue weighted by Gasteiger charge is -2.03. The van der Waals surface area contributed by atoms with Gasteiger partial charge in [-0.25, -0.2) is 0 Å². The fourth-order valence-electron chi connectivity index (χ4n) is 5.31. The molecule has 0 radical (unpaired) electrons. The molecule has 13 heteroatoms. The minimum Gasteiger partial charge on any atom is -0.192 e. The van der Waals surface area contributed by atoms with Gasteiger partial charge >= 0.3 is 0 Å². The predicted molar refractivity (Wildman–Crippen MR) is 216 cm³/mol. The molecule has 0 bridgehead atoms. The molecule has 0 N–H and O–H groups in total. The van der Waals surface area contributed by atoms with Crippen LogP contribution in [0.25, 0.3) is 74.7 Å². The van der Waals surface area contributed by atoms with Gasteiger partial charge in [-0.05, 0) is 84.9 Å². The maximum absolute atomic E-state index is 9.75. The van der Waals surface area contributed by atoms with E-state index in [2.05, 4.69) is 72.8 Å². The van der Waals surface area contributed by atoms with Crippen LogP contribution in [-0.4, -0.2) is 8.75 Å². The second-order valence-electron chi connectivity index (χ2n) is 10.7. The van der Waals surface area contributed by atoms with Gasteiger partial charge in [0.15, 0.2) is 0 Å². The van der Waals surface area contributed by atoms with E-state index in [0.29, 0.717) is 20.9 Å². The second kappa shape index (κ2) is 14.1. The Bertz CT molecular complexity index is 2640. The van der Waals surface area contributed by atoms with Gasteiger partial charge in [-0.3, -0.25) is 0 Å². The molecule has 8 aromatic rings. The first-order valence-electron chi connectivity index (χ1n) is 14.9. The number of allylic oxidation sites excluding steroid dienone is 2. The second-order valence-corrected chi connectivity index (χ2v) is 17.8. The van der Waals surface area contributed by atoms with Crippen LogP contribution in [0.3, 0.4) is 0 Å². The molecule has 240 valence electrons. The first-order valence-corrected chi connectivity index (χ1v) is 20.6. The fourth-order valence-corrected chi connectivity index (χ4v) is 11.6. The van der Waals surface area contributed by atoms with E-state index in [-0.39, 0.29) is 0 Å². The fraction of sp³-hybridized carbons (Fsp3) is 0. The molecule has 0 fully saturated rings. The van der Waals surface area contributed by atoms with Crippen molar-refractivity contribution in [1.82, 2.24) is 8.75 Å². The Hall–Kier alpha value is -5.32. The molecule has 0 saturated carbocycles. The van der Waals surface area contributed by atoms with Crippen molar-refractivity contribution >= 4 is 114 Å². The van der Waals surface area contributed by atoms with Crippen LogP contribution in [0.15, 0.2) is 84.9 Å². The molecule has 0 unspecified atom stereocenters. The van der Waals surface area contributed by atoms with Gasteiger partial charge in [0.25, 0.3) is 0 Å². The highest BCUT2D eigenvalue weighted by molar-refractivity contribution is 7.25. The Morgan fingerprint density at radius 3 is 1.27 bits per heavy atom. The first-order chi connectivity index (χ1) is 25.0. The maximum atomic E-state index is 9.75. The maximum Gasteiger partial charge on any atom is 0.114 e. The zero-order valence-electron chi connectivity index (χ0n) is 25.8. The molecular formula is C38H16N6S7. The summed E-state index contributed by atoms with van der Waals surface area (Å²) in [4.78, 5) is 11.4. The van der Waals surface area contributed by atoms with Crippen LogP contribution in [-0.2, 0) is 0 Å². The van der Waals surface area contributed by atoms with E-state index in [1.807, 2.05) is 36.4 Å². The van der Waals surface area contributed by atoms with Crippen LogP contribution in [0.2, 0.25) is 0 Å². The monoisotopic (exact) mass is 780 g/mol. The number of benzene rings is 1. The summed E-state index contributed by atoms with van der Waals surface area (Å²) in [7, 11) is 0. The first kappa shape index (κ1) is 32.9. The normalized spacial score (nSPS) is 11.7. The van der Waals surface area contributed by atoms with Crippen LogP contribution in [0, 0.1) is 45.3 Å². The van der Waals surface area contributed by atoms with Crippen LogP contribution < -0.4 is 0 Å². The molecule has 0 spiro atoms. The number of hydrogen-bond donors (Lipinski definition) is 0. The molecule has 0 aliphatic heterocycles. The number of aromatic nitrogens is 2. The molecular weight excluding hydrogens is 765 g/mol. The van der Waals surface area contributed by atoms with Gasteiger partial charge in [-0.1, -0.05) is 12.1 Å². The smallest absolute Gasteiger partial charge is 0.114 e. The summed E-state index contributed by atoms with van der Waals surface area (Å²) in [6.45, 7) is 0. The molecule has 0 amide bonds. The van der Waals surface area contributed by atoms with E-state index in [9.17, 15) is 10.5 Å². The topological polar surface area (TPSA) is 121 Å². The molecule has 1 aromatic carbocycles. The third-order valence-corrected chi connectivity index (χ3v) is 14.9. The van der Waals surface area contributed by atoms with Crippen molar-refractivity contribution in [3.8, 4) is 64.7 Å². The highest BCUT2D eigenvalue weighted by Gasteiger charge is 2.18. The van der Waals surface area contributed by atoms with Crippen LogP contribution in [0.1, 0.15) is 29.3 Å². The van der Waals surface area contributed by atoms with Gasteiger partial charge in [0.1, 0.15) is 45.1 Å². The van der Waals surface area contributed by atoms with Gasteiger partial charge in [0.2, 0.25) is 0 Å². The van der Waals surface area contributed by atoms with Crippen molar-refractivity contribution in [3.05, 3.63) is 114 Å². The van der Waals surface area contributed by atoms with Crippen LogP contribution in [0.5, 0.6) is 0 Å². The quantitative estimate of drug-likeness (QED) is 0.142. The number of thiophene rings is 6. The number of rotatable bonds is 8. The summed E-state index contributed by atoms with van der Waals surface area (Å²) in [6, 6.07) is 36.9. The van der Waals surface area contributed by atoms with Crippen LogP contribution in [0.4, 0.5) is 0 Å². The van der Waals surface area contributed by atoms with E-state index < -0.39 is 0 Å². The largest absolute Gasteiger partial charge is 0.192 e. The van der Waals surface area contributed by atoms with E-state index in [4.69, 9.17) is 19.3 Å². The summed E-state index contributed by atoms with van der Waals surface area (Å²) < 4.78 is 9.44. The molecule has 7 aromatic heterocycles. The van der Waals surface area contributed by atoms with Crippen molar-refractivity contribution in [3.63, 3.8) is 0 Å². The SMILES string of the molecule is N#CC(=Cc1ccc(-c2ccc(-c3ccc(-c4ccc(-c5ccc(C=C(C#N)c6ccc(C#N)s6)s5)s4)c4nsnc34)s2)s1)c1ccc(C#N)s1. The van der Waals surface area contributed by atoms with Gasteiger partial charge in [0.05, 0.1) is 22.9 Å². The zero-order chi connectivity index (χ0) is 34.9. The van der Waals surface area contributed by atoms with E-state index in [1.54, 1.807) is 57.5 Å². The summed E-state index contributed by atoms with van der Waals surface area (Å²) in [5.74, 6) is 0. The van der Waals surface area contributed by atoms with E-state index in [1.165, 1.54) is 34.4 Å². The third-order valence-electron chi connectivity index (χ3n) is 7.68. The number of nitrogens with zero attached hydrogens (tertiary/aromatic N) is 6. The molecule has 0 atom stereocenters. The Labute approximate surface area is 320 Å². The van der Waals surface area contributed by atoms with E-state index >= 15 is 0 Å². The third kappa shape index (κ3) is 6.53. The van der Waals surface area contributed by atoms with Gasteiger partial charge in [0, 0.05) is 59.9 Å². The van der Waals surface area contributed by atoms with Crippen molar-refractivity contribution in [2.24, 2.45) is 0 Å². The summed E-state index contributed by atoms with van der Waals surface area (Å²) in [5, 5.41) is 37.8. The minimum absolute atomic E-state index is 0.547. The number of nitriles is 4. The average Bonchev–Trinajstić information content (AvgIpc) is 4.01. The Morgan fingerprint density at radius 1 is 0.451 bits per heavy atom. The van der Waals surface area contributed by atoms with Crippen molar-refractivity contribution in [2.75, 3.05) is 0 Å². The predicted octanol–water partition coefficient (Wildman–Crippen LogP) is 12.6. The summed E-state index contributed by atoms with van der Waals surface area (Å²) in [6.07, 6.45) is 3.76. The average molecular weight is 781 g/mol. The highest BCUT2D eigenvalue weighted by Crippen LogP contribution is 2.44. The van der Waals surface area contributed by atoms with Crippen molar-refractivity contribution < 1.29 is 0 Å². The Kier molecular flexibility index (Phi) is 9.10.